The Labute approximate surface area is 106 Å². The fourth-order valence-electron chi connectivity index (χ4n) is 0.729. The first-order valence-corrected chi connectivity index (χ1v) is 4.79. The molecule has 0 aliphatic rings. The van der Waals surface area contributed by atoms with Crippen LogP contribution in [0.1, 0.15) is 6.99 Å². The summed E-state index contributed by atoms with van der Waals surface area (Å²) >= 11 is 0. The molecule has 0 bridgehead atoms. The number of hydrogen-bond acceptors (Lipinski definition) is 2. The van der Waals surface area contributed by atoms with Gasteiger partial charge in [0.1, 0.15) is 0 Å². The van der Waals surface area contributed by atoms with Crippen molar-refractivity contribution in [2.24, 2.45) is 0 Å². The minimum absolute atomic E-state index is 0. The van der Waals surface area contributed by atoms with E-state index in [1.807, 2.05) is 6.07 Å². The van der Waals surface area contributed by atoms with Crippen LogP contribution in [0.15, 0.2) is 35.7 Å². The van der Waals surface area contributed by atoms with Crippen molar-refractivity contribution in [3.8, 4) is 0 Å². The zero-order valence-corrected chi connectivity index (χ0v) is 10.5. The van der Waals surface area contributed by atoms with Crippen LogP contribution in [0.25, 0.3) is 6.08 Å². The third-order valence-corrected chi connectivity index (χ3v) is 1.71. The van der Waals surface area contributed by atoms with Crippen LogP contribution in [0, 0.1) is 0 Å². The third kappa shape index (κ3) is 7.25. The van der Waals surface area contributed by atoms with Crippen molar-refractivity contribution in [1.29, 1.82) is 0 Å². The Morgan fingerprint density at radius 1 is 1.21 bits per heavy atom. The molecule has 4 nitrogen and oxygen atoms in total. The monoisotopic (exact) mass is 226 g/mol. The molecule has 1 rings (SSSR count). The van der Waals surface area contributed by atoms with Gasteiger partial charge in [0.25, 0.3) is 10.1 Å². The predicted octanol–water partition coefficient (Wildman–Crippen LogP) is -2.16. The maximum atomic E-state index is 10.3. The van der Waals surface area contributed by atoms with Gasteiger partial charge in [-0.25, -0.2) is 0 Å². The van der Waals surface area contributed by atoms with Crippen molar-refractivity contribution in [3.05, 3.63) is 41.3 Å². The summed E-state index contributed by atoms with van der Waals surface area (Å²) in [7, 11) is -4.00. The molecule has 14 heavy (non-hydrogen) atoms. The van der Waals surface area contributed by atoms with Gasteiger partial charge in [0, 0.05) is 0 Å². The van der Waals surface area contributed by atoms with E-state index in [2.05, 4.69) is 0 Å². The molecule has 0 atom stereocenters. The summed E-state index contributed by atoms with van der Waals surface area (Å²) in [6.45, 7) is 0. The van der Waals surface area contributed by atoms with Crippen molar-refractivity contribution in [2.45, 2.75) is 0 Å². The second-order valence-corrected chi connectivity index (χ2v) is 3.53. The van der Waals surface area contributed by atoms with Crippen LogP contribution in [0.3, 0.4) is 0 Å². The number of rotatable bonds is 2. The van der Waals surface area contributed by atoms with Crippen LogP contribution in [-0.4, -0.2) is 18.4 Å². The fourth-order valence-corrected chi connectivity index (χ4v) is 1.06. The second-order valence-electron chi connectivity index (χ2n) is 2.23. The van der Waals surface area contributed by atoms with E-state index in [4.69, 9.17) is 4.55 Å². The van der Waals surface area contributed by atoms with Crippen LogP contribution in [0.4, 0.5) is 0 Å². The molecule has 0 heterocycles. The first kappa shape index (κ1) is 16.3. The first-order valence-electron chi connectivity index (χ1n) is 3.28. The van der Waals surface area contributed by atoms with Gasteiger partial charge >= 0.3 is 29.6 Å². The van der Waals surface area contributed by atoms with Crippen molar-refractivity contribution >= 4 is 16.2 Å². The molecule has 0 radical (unpaired) electrons. The quantitative estimate of drug-likeness (QED) is 0.460. The molecule has 6 heteroatoms. The van der Waals surface area contributed by atoms with Crippen molar-refractivity contribution in [2.75, 3.05) is 0 Å². The summed E-state index contributed by atoms with van der Waals surface area (Å²) in [6.07, 6.45) is 1.33. The summed E-state index contributed by atoms with van der Waals surface area (Å²) in [5.41, 5.74) is 0.732. The van der Waals surface area contributed by atoms with Gasteiger partial charge in [0.05, 0.1) is 5.41 Å². The van der Waals surface area contributed by atoms with E-state index in [9.17, 15) is 8.42 Å². The molecule has 3 N–H and O–H groups in total. The molecule has 0 amide bonds. The minimum Gasteiger partial charge on any atom is -1.00 e. The van der Waals surface area contributed by atoms with Crippen molar-refractivity contribution < 1.29 is 49.4 Å². The Hall–Kier alpha value is -0.170. The van der Waals surface area contributed by atoms with E-state index in [1.165, 1.54) is 6.08 Å². The minimum atomic E-state index is -4.00. The number of benzene rings is 1. The Balaban J connectivity index is -0.000000480. The van der Waals surface area contributed by atoms with Gasteiger partial charge in [0.2, 0.25) is 0 Å². The van der Waals surface area contributed by atoms with E-state index >= 15 is 0 Å². The number of hydrogen-bond donors (Lipinski definition) is 1. The summed E-state index contributed by atoms with van der Waals surface area (Å²) in [5, 5.41) is 0.752. The van der Waals surface area contributed by atoms with Crippen LogP contribution < -0.4 is 29.6 Å². The molecule has 0 saturated carbocycles. The first-order chi connectivity index (χ1) is 5.58. The normalized spacial score (nSPS) is 10.4. The standard InChI is InChI=1S/C8H8O3S.Na.H2O.H/c9-12(10,11)7-6-8-4-2-1-3-5-8;;;/h1-7H,(H,9,10,11);;1H2;/q;+1;;-1. The van der Waals surface area contributed by atoms with E-state index in [0.717, 1.165) is 11.0 Å². The van der Waals surface area contributed by atoms with Gasteiger partial charge in [-0.15, -0.1) is 0 Å². The fraction of sp³-hybridized carbons (Fsp3) is 0. The van der Waals surface area contributed by atoms with E-state index < -0.39 is 10.1 Å². The summed E-state index contributed by atoms with van der Waals surface area (Å²) in [4.78, 5) is 0. The summed E-state index contributed by atoms with van der Waals surface area (Å²) in [5.74, 6) is 0. The summed E-state index contributed by atoms with van der Waals surface area (Å²) in [6, 6.07) is 8.86. The Morgan fingerprint density at radius 3 is 2.14 bits per heavy atom. The molecule has 0 saturated heterocycles. The molecule has 1 aromatic rings. The average Bonchev–Trinajstić information content (AvgIpc) is 2.02. The van der Waals surface area contributed by atoms with E-state index in [0.29, 0.717) is 0 Å². The Bertz CT molecular complexity index is 377. The molecule has 0 fully saturated rings. The van der Waals surface area contributed by atoms with Crippen LogP contribution in [0.5, 0.6) is 0 Å². The van der Waals surface area contributed by atoms with E-state index in [-0.39, 0.29) is 36.5 Å². The largest absolute Gasteiger partial charge is 1.00 e. The molecule has 0 spiro atoms. The maximum Gasteiger partial charge on any atom is 1.00 e. The van der Waals surface area contributed by atoms with Gasteiger partial charge in [0.15, 0.2) is 0 Å². The molecule has 1 aromatic carbocycles. The molecule has 74 valence electrons. The topological polar surface area (TPSA) is 85.9 Å². The maximum absolute atomic E-state index is 10.3. The smallest absolute Gasteiger partial charge is 1.00 e. The third-order valence-electron chi connectivity index (χ3n) is 1.23. The van der Waals surface area contributed by atoms with Gasteiger partial charge in [-0.1, -0.05) is 30.3 Å². The predicted molar refractivity (Wildman–Crippen MR) is 51.8 cm³/mol. The van der Waals surface area contributed by atoms with Gasteiger partial charge in [-0.2, -0.15) is 8.42 Å². The zero-order chi connectivity index (χ0) is 9.03. The zero-order valence-electron chi connectivity index (χ0n) is 8.71. The Morgan fingerprint density at radius 2 is 1.71 bits per heavy atom. The van der Waals surface area contributed by atoms with Crippen molar-refractivity contribution in [1.82, 2.24) is 0 Å². The second kappa shape index (κ2) is 7.17. The van der Waals surface area contributed by atoms with Crippen LogP contribution in [0.2, 0.25) is 0 Å². The van der Waals surface area contributed by atoms with Gasteiger partial charge in [-0.05, 0) is 11.6 Å². The van der Waals surface area contributed by atoms with Gasteiger partial charge in [-0.3, -0.25) is 4.55 Å². The molecule has 0 aliphatic heterocycles. The van der Waals surface area contributed by atoms with E-state index in [1.54, 1.807) is 24.3 Å². The molecule has 0 aliphatic carbocycles. The molecular weight excluding hydrogens is 215 g/mol. The molecule has 0 unspecified atom stereocenters. The Kier molecular flexibility index (Phi) is 8.33. The van der Waals surface area contributed by atoms with Gasteiger partial charge < -0.3 is 6.90 Å². The van der Waals surface area contributed by atoms with Crippen LogP contribution in [-0.2, 0) is 10.1 Å². The SMILES string of the molecule is O.O=S(=O)(O)C=Cc1ccccc1.[H-].[Na+]. The van der Waals surface area contributed by atoms with Crippen LogP contribution >= 0.6 is 0 Å². The summed E-state index contributed by atoms with van der Waals surface area (Å²) < 4.78 is 28.9. The average molecular weight is 226 g/mol. The molecular formula is C8H11NaO4S. The van der Waals surface area contributed by atoms with Crippen molar-refractivity contribution in [3.63, 3.8) is 0 Å². The molecule has 0 aromatic heterocycles.